The molecule has 0 bridgehead atoms. The summed E-state index contributed by atoms with van der Waals surface area (Å²) in [7, 11) is 0. The zero-order valence-electron chi connectivity index (χ0n) is 14.5. The Hall–Kier alpha value is -1.14. The average molecular weight is 314 g/mol. The van der Waals surface area contributed by atoms with Crippen molar-refractivity contribution in [2.45, 2.75) is 71.7 Å². The van der Waals surface area contributed by atoms with Gasteiger partial charge < -0.3 is 9.47 Å². The molecule has 22 heavy (non-hydrogen) atoms. The van der Waals surface area contributed by atoms with Crippen molar-refractivity contribution in [1.82, 2.24) is 10.2 Å². The van der Waals surface area contributed by atoms with Gasteiger partial charge in [0.1, 0.15) is 11.6 Å². The van der Waals surface area contributed by atoms with Crippen LogP contribution in [-0.4, -0.2) is 54.3 Å². The van der Waals surface area contributed by atoms with Crippen LogP contribution in [0.4, 0.5) is 0 Å². The summed E-state index contributed by atoms with van der Waals surface area (Å²) in [6.45, 7) is 10.7. The standard InChI is InChI=1S/C16H30N2O4/c1-6-21-14(19)11-17-12(2)18-10-8-7-9-13(18)15(20)22-16(3,4)5/h12-13,17H,6-11H2,1-5H3. The fraction of sp³-hybridized carbons (Fsp3) is 0.875. The van der Waals surface area contributed by atoms with Crippen LogP contribution in [0, 0.1) is 0 Å². The minimum absolute atomic E-state index is 0.0813. The first-order chi connectivity index (χ1) is 10.2. The quantitative estimate of drug-likeness (QED) is 0.752. The molecule has 0 spiro atoms. The van der Waals surface area contributed by atoms with Gasteiger partial charge in [0.2, 0.25) is 0 Å². The van der Waals surface area contributed by atoms with E-state index in [9.17, 15) is 9.59 Å². The van der Waals surface area contributed by atoms with Crippen LogP contribution < -0.4 is 5.32 Å². The second-order valence-electron chi connectivity index (χ2n) is 6.64. The number of nitrogens with one attached hydrogen (secondary N) is 1. The fourth-order valence-electron chi connectivity index (χ4n) is 2.60. The van der Waals surface area contributed by atoms with E-state index in [0.717, 1.165) is 25.8 Å². The number of carbonyl (C=O) groups excluding carboxylic acids is 2. The number of hydrogen-bond acceptors (Lipinski definition) is 6. The summed E-state index contributed by atoms with van der Waals surface area (Å²) in [5.41, 5.74) is -0.484. The SMILES string of the molecule is CCOC(=O)CNC(C)N1CCCCC1C(=O)OC(C)(C)C. The van der Waals surface area contributed by atoms with Gasteiger partial charge >= 0.3 is 11.9 Å². The van der Waals surface area contributed by atoms with Gasteiger partial charge in [-0.05, 0) is 47.5 Å². The Kier molecular flexibility index (Phi) is 7.29. The number of piperidine rings is 1. The van der Waals surface area contributed by atoms with Gasteiger partial charge in [0.25, 0.3) is 0 Å². The van der Waals surface area contributed by atoms with Gasteiger partial charge in [0.05, 0.1) is 19.3 Å². The highest BCUT2D eigenvalue weighted by Gasteiger charge is 2.34. The van der Waals surface area contributed by atoms with Gasteiger partial charge in [-0.15, -0.1) is 0 Å². The Balaban J connectivity index is 2.60. The fourth-order valence-corrected chi connectivity index (χ4v) is 2.60. The predicted molar refractivity (Wildman–Crippen MR) is 84.3 cm³/mol. The molecule has 6 heteroatoms. The number of nitrogens with zero attached hydrogens (tertiary/aromatic N) is 1. The maximum Gasteiger partial charge on any atom is 0.323 e. The molecule has 0 aromatic carbocycles. The van der Waals surface area contributed by atoms with Crippen LogP contribution in [0.15, 0.2) is 0 Å². The molecule has 1 aliphatic heterocycles. The van der Waals surface area contributed by atoms with E-state index in [1.54, 1.807) is 6.92 Å². The van der Waals surface area contributed by atoms with Gasteiger partial charge in [-0.1, -0.05) is 6.42 Å². The van der Waals surface area contributed by atoms with Crippen molar-refractivity contribution in [3.8, 4) is 0 Å². The van der Waals surface area contributed by atoms with Crippen LogP contribution >= 0.6 is 0 Å². The van der Waals surface area contributed by atoms with Crippen molar-refractivity contribution in [3.63, 3.8) is 0 Å². The van der Waals surface area contributed by atoms with E-state index in [1.807, 2.05) is 27.7 Å². The molecule has 0 aromatic rings. The molecule has 1 heterocycles. The lowest BCUT2D eigenvalue weighted by Crippen LogP contribution is -2.55. The molecule has 0 amide bonds. The minimum Gasteiger partial charge on any atom is -0.465 e. The minimum atomic E-state index is -0.484. The summed E-state index contributed by atoms with van der Waals surface area (Å²) >= 11 is 0. The van der Waals surface area contributed by atoms with Gasteiger partial charge in [0, 0.05) is 6.54 Å². The van der Waals surface area contributed by atoms with Crippen molar-refractivity contribution in [2.75, 3.05) is 19.7 Å². The lowest BCUT2D eigenvalue weighted by molar-refractivity contribution is -0.164. The van der Waals surface area contributed by atoms with E-state index in [1.165, 1.54) is 0 Å². The Bertz CT molecular complexity index is 379. The second-order valence-corrected chi connectivity index (χ2v) is 6.64. The Morgan fingerprint density at radius 3 is 2.59 bits per heavy atom. The van der Waals surface area contributed by atoms with Crippen molar-refractivity contribution in [1.29, 1.82) is 0 Å². The first kappa shape index (κ1) is 18.9. The summed E-state index contributed by atoms with van der Waals surface area (Å²) in [6, 6.07) is -0.252. The van der Waals surface area contributed by atoms with E-state index in [4.69, 9.17) is 9.47 Å². The molecular formula is C16H30N2O4. The topological polar surface area (TPSA) is 67.9 Å². The Morgan fingerprint density at radius 2 is 2.00 bits per heavy atom. The van der Waals surface area contributed by atoms with Crippen LogP contribution in [0.1, 0.15) is 53.9 Å². The molecule has 1 saturated heterocycles. The maximum absolute atomic E-state index is 12.4. The highest BCUT2D eigenvalue weighted by Crippen LogP contribution is 2.22. The van der Waals surface area contributed by atoms with E-state index in [-0.39, 0.29) is 30.7 Å². The molecule has 0 saturated carbocycles. The van der Waals surface area contributed by atoms with Crippen LogP contribution in [0.2, 0.25) is 0 Å². The summed E-state index contributed by atoms with van der Waals surface area (Å²) in [5.74, 6) is -0.461. The summed E-state index contributed by atoms with van der Waals surface area (Å²) in [5, 5.41) is 3.13. The third kappa shape index (κ3) is 6.32. The smallest absolute Gasteiger partial charge is 0.323 e. The lowest BCUT2D eigenvalue weighted by atomic mass is 10.0. The van der Waals surface area contributed by atoms with E-state index in [2.05, 4.69) is 10.2 Å². The van der Waals surface area contributed by atoms with Crippen LogP contribution in [0.3, 0.4) is 0 Å². The summed E-state index contributed by atoms with van der Waals surface area (Å²) < 4.78 is 10.4. The number of hydrogen-bond donors (Lipinski definition) is 1. The van der Waals surface area contributed by atoms with Gasteiger partial charge in [0.15, 0.2) is 0 Å². The van der Waals surface area contributed by atoms with Crippen molar-refractivity contribution in [2.24, 2.45) is 0 Å². The predicted octanol–water partition coefficient (Wildman–Crippen LogP) is 1.68. The molecule has 1 N–H and O–H groups in total. The molecule has 0 aliphatic carbocycles. The van der Waals surface area contributed by atoms with Gasteiger partial charge in [-0.25, -0.2) is 0 Å². The summed E-state index contributed by atoms with van der Waals surface area (Å²) in [4.78, 5) is 25.9. The third-order valence-electron chi connectivity index (χ3n) is 3.57. The number of carbonyl (C=O) groups is 2. The first-order valence-electron chi connectivity index (χ1n) is 8.12. The van der Waals surface area contributed by atoms with Gasteiger partial charge in [-0.2, -0.15) is 0 Å². The molecule has 2 atom stereocenters. The molecule has 6 nitrogen and oxygen atoms in total. The van der Waals surface area contributed by atoms with E-state index < -0.39 is 5.60 Å². The molecule has 1 aliphatic rings. The highest BCUT2D eigenvalue weighted by molar-refractivity contribution is 5.76. The lowest BCUT2D eigenvalue weighted by Gasteiger charge is -2.39. The third-order valence-corrected chi connectivity index (χ3v) is 3.57. The molecule has 1 rings (SSSR count). The van der Waals surface area contributed by atoms with E-state index >= 15 is 0 Å². The largest absolute Gasteiger partial charge is 0.465 e. The summed E-state index contributed by atoms with van der Waals surface area (Å²) in [6.07, 6.45) is 2.78. The highest BCUT2D eigenvalue weighted by atomic mass is 16.6. The van der Waals surface area contributed by atoms with Crippen molar-refractivity contribution in [3.05, 3.63) is 0 Å². The maximum atomic E-state index is 12.4. The van der Waals surface area contributed by atoms with Crippen molar-refractivity contribution >= 4 is 11.9 Å². The number of ether oxygens (including phenoxy) is 2. The number of esters is 2. The molecular weight excluding hydrogens is 284 g/mol. The van der Waals surface area contributed by atoms with Gasteiger partial charge in [-0.3, -0.25) is 19.8 Å². The molecule has 1 fully saturated rings. The van der Waals surface area contributed by atoms with Crippen LogP contribution in [-0.2, 0) is 19.1 Å². The van der Waals surface area contributed by atoms with Crippen LogP contribution in [0.25, 0.3) is 0 Å². The zero-order chi connectivity index (χ0) is 16.8. The number of rotatable bonds is 6. The normalized spacial score (nSPS) is 21.2. The number of likely N-dealkylation sites (tertiary alicyclic amines) is 1. The molecule has 2 unspecified atom stereocenters. The molecule has 128 valence electrons. The van der Waals surface area contributed by atoms with Crippen LogP contribution in [0.5, 0.6) is 0 Å². The molecule has 0 radical (unpaired) electrons. The second kappa shape index (κ2) is 8.48. The Morgan fingerprint density at radius 1 is 1.32 bits per heavy atom. The average Bonchev–Trinajstić information content (AvgIpc) is 2.43. The first-order valence-corrected chi connectivity index (χ1v) is 8.12. The molecule has 0 aromatic heterocycles. The zero-order valence-corrected chi connectivity index (χ0v) is 14.5. The van der Waals surface area contributed by atoms with Crippen molar-refractivity contribution < 1.29 is 19.1 Å². The van der Waals surface area contributed by atoms with E-state index in [0.29, 0.717) is 6.61 Å². The Labute approximate surface area is 133 Å². The monoisotopic (exact) mass is 314 g/mol.